The molecule has 1 aromatic heterocycles. The highest BCUT2D eigenvalue weighted by atomic mass is 19.4. The van der Waals surface area contributed by atoms with Gasteiger partial charge in [0.1, 0.15) is 0 Å². The smallest absolute Gasteiger partial charge is 0.376 e. The number of hydrogen-bond donors (Lipinski definition) is 2. The summed E-state index contributed by atoms with van der Waals surface area (Å²) in [6.07, 6.45) is -9.85. The molecule has 0 bridgehead atoms. The lowest BCUT2D eigenvalue weighted by atomic mass is 9.99. The van der Waals surface area contributed by atoms with Crippen molar-refractivity contribution in [3.8, 4) is 0 Å². The van der Waals surface area contributed by atoms with Crippen molar-refractivity contribution in [2.45, 2.75) is 37.9 Å². The number of aromatic nitrogens is 2. The maximum absolute atomic E-state index is 13.1. The zero-order chi connectivity index (χ0) is 26.5. The summed E-state index contributed by atoms with van der Waals surface area (Å²) in [5, 5.41) is 0. The number of amides is 2. The van der Waals surface area contributed by atoms with Gasteiger partial charge in [0.2, 0.25) is 17.8 Å². The number of carbonyl (C=O) groups excluding carboxylic acids is 2. The Kier molecular flexibility index (Phi) is 8.94. The Balaban J connectivity index is 1.36. The van der Waals surface area contributed by atoms with Crippen molar-refractivity contribution in [2.24, 2.45) is 5.92 Å². The number of alkyl halides is 6. The van der Waals surface area contributed by atoms with Gasteiger partial charge in [-0.2, -0.15) is 26.3 Å². The molecular formula is C20H26F6N6O4. The minimum absolute atomic E-state index is 0.0116. The standard InChI is InChI=1S/C20H26F6N6O4/c1-12(11-36-14-10-29-30-17(34)16(14)20(24,25)26)35-7-2-15(33)31-3-5-32(6-4-31)18-27-8-13(9-28-18)19(21,22)23/h8-9,12,14,16,29H,2-7,10-11H2,1H3,(H,30,34)/t12-,14?,16?/m0/s1. The molecule has 0 radical (unpaired) electrons. The van der Waals surface area contributed by atoms with E-state index >= 15 is 0 Å². The van der Waals surface area contributed by atoms with Gasteiger partial charge < -0.3 is 19.3 Å². The summed E-state index contributed by atoms with van der Waals surface area (Å²) in [5.74, 6) is -3.57. The third-order valence-corrected chi connectivity index (χ3v) is 5.67. The molecular weight excluding hydrogens is 502 g/mol. The van der Waals surface area contributed by atoms with Crippen LogP contribution in [0.3, 0.4) is 0 Å². The molecule has 10 nitrogen and oxygen atoms in total. The molecule has 36 heavy (non-hydrogen) atoms. The average molecular weight is 528 g/mol. The highest BCUT2D eigenvalue weighted by Gasteiger charge is 2.52. The van der Waals surface area contributed by atoms with E-state index in [4.69, 9.17) is 9.47 Å². The van der Waals surface area contributed by atoms with E-state index in [1.807, 2.05) is 5.43 Å². The Labute approximate surface area is 202 Å². The maximum Gasteiger partial charge on any atom is 0.419 e. The van der Waals surface area contributed by atoms with E-state index in [2.05, 4.69) is 15.4 Å². The lowest BCUT2D eigenvalue weighted by Crippen LogP contribution is -2.60. The molecule has 0 saturated carbocycles. The quantitative estimate of drug-likeness (QED) is 0.484. The molecule has 2 saturated heterocycles. The van der Waals surface area contributed by atoms with Crippen molar-refractivity contribution in [1.82, 2.24) is 25.7 Å². The fourth-order valence-electron chi connectivity index (χ4n) is 3.72. The molecule has 1 aromatic rings. The van der Waals surface area contributed by atoms with Gasteiger partial charge in [0.05, 0.1) is 37.4 Å². The van der Waals surface area contributed by atoms with E-state index in [1.54, 1.807) is 16.7 Å². The van der Waals surface area contributed by atoms with Crippen molar-refractivity contribution in [3.63, 3.8) is 0 Å². The summed E-state index contributed by atoms with van der Waals surface area (Å²) >= 11 is 0. The van der Waals surface area contributed by atoms with Crippen LogP contribution < -0.4 is 15.8 Å². The highest BCUT2D eigenvalue weighted by molar-refractivity contribution is 5.80. The zero-order valence-corrected chi connectivity index (χ0v) is 19.2. The molecule has 0 aromatic carbocycles. The summed E-state index contributed by atoms with van der Waals surface area (Å²) in [6.45, 7) is 2.48. The summed E-state index contributed by atoms with van der Waals surface area (Å²) < 4.78 is 88.0. The van der Waals surface area contributed by atoms with Crippen LogP contribution in [0.5, 0.6) is 0 Å². The molecule has 3 rings (SSSR count). The van der Waals surface area contributed by atoms with Crippen LogP contribution in [0.1, 0.15) is 18.9 Å². The van der Waals surface area contributed by atoms with Gasteiger partial charge in [-0.05, 0) is 6.92 Å². The van der Waals surface area contributed by atoms with Gasteiger partial charge in [0.25, 0.3) is 0 Å². The number of nitrogens with zero attached hydrogens (tertiary/aromatic N) is 4. The third-order valence-electron chi connectivity index (χ3n) is 5.67. The second-order valence-electron chi connectivity index (χ2n) is 8.33. The minimum atomic E-state index is -4.75. The SMILES string of the molecule is C[C@@H](COC1CNNC(=O)C1C(F)(F)F)OCCC(=O)N1CCN(c2ncc(C(F)(F)F)cn2)CC1. The fraction of sp³-hybridized carbons (Fsp3) is 0.700. The van der Waals surface area contributed by atoms with Crippen LogP contribution >= 0.6 is 0 Å². The van der Waals surface area contributed by atoms with Gasteiger partial charge in [0.15, 0.2) is 5.92 Å². The summed E-state index contributed by atoms with van der Waals surface area (Å²) in [4.78, 5) is 34.7. The molecule has 3 heterocycles. The fourth-order valence-corrected chi connectivity index (χ4v) is 3.72. The van der Waals surface area contributed by atoms with Crippen LogP contribution in [0.25, 0.3) is 0 Å². The number of hydrazine groups is 1. The first-order valence-electron chi connectivity index (χ1n) is 11.1. The van der Waals surface area contributed by atoms with Crippen molar-refractivity contribution in [1.29, 1.82) is 0 Å². The van der Waals surface area contributed by atoms with Crippen LogP contribution in [-0.2, 0) is 25.2 Å². The van der Waals surface area contributed by atoms with E-state index in [9.17, 15) is 35.9 Å². The third kappa shape index (κ3) is 7.39. The van der Waals surface area contributed by atoms with E-state index in [-0.39, 0.29) is 38.0 Å². The molecule has 2 unspecified atom stereocenters. The normalized spacial score (nSPS) is 22.4. The van der Waals surface area contributed by atoms with Crippen LogP contribution in [-0.4, -0.2) is 91.0 Å². The predicted octanol–water partition coefficient (Wildman–Crippen LogP) is 1.14. The van der Waals surface area contributed by atoms with E-state index < -0.39 is 41.9 Å². The number of piperazine rings is 1. The van der Waals surface area contributed by atoms with Gasteiger partial charge in [-0.1, -0.05) is 0 Å². The summed E-state index contributed by atoms with van der Waals surface area (Å²) in [6, 6.07) is 0. The number of ether oxygens (including phenoxy) is 2. The lowest BCUT2D eigenvalue weighted by molar-refractivity contribution is -0.215. The molecule has 16 heteroatoms. The first-order valence-corrected chi connectivity index (χ1v) is 11.1. The number of halogens is 6. The Bertz CT molecular complexity index is 892. The molecule has 202 valence electrons. The van der Waals surface area contributed by atoms with Crippen molar-refractivity contribution in [3.05, 3.63) is 18.0 Å². The largest absolute Gasteiger partial charge is 0.419 e. The number of rotatable bonds is 8. The summed E-state index contributed by atoms with van der Waals surface area (Å²) in [5.41, 5.74) is 3.35. The van der Waals surface area contributed by atoms with Gasteiger partial charge in [-0.3, -0.25) is 15.0 Å². The minimum Gasteiger partial charge on any atom is -0.376 e. The van der Waals surface area contributed by atoms with Crippen molar-refractivity contribution < 1.29 is 45.4 Å². The molecule has 2 aliphatic heterocycles. The Morgan fingerprint density at radius 3 is 2.36 bits per heavy atom. The second-order valence-corrected chi connectivity index (χ2v) is 8.33. The molecule has 2 N–H and O–H groups in total. The highest BCUT2D eigenvalue weighted by Crippen LogP contribution is 2.31. The molecule has 2 aliphatic rings. The molecule has 2 fully saturated rings. The Morgan fingerprint density at radius 1 is 1.14 bits per heavy atom. The van der Waals surface area contributed by atoms with Gasteiger partial charge >= 0.3 is 12.4 Å². The van der Waals surface area contributed by atoms with Gasteiger partial charge in [0, 0.05) is 45.1 Å². The molecule has 0 aliphatic carbocycles. The van der Waals surface area contributed by atoms with Crippen LogP contribution in [0, 0.1) is 5.92 Å². The number of anilines is 1. The van der Waals surface area contributed by atoms with Crippen LogP contribution in [0.15, 0.2) is 12.4 Å². The van der Waals surface area contributed by atoms with Gasteiger partial charge in [-0.25, -0.2) is 15.4 Å². The first kappa shape index (κ1) is 27.9. The molecule has 0 spiro atoms. The average Bonchev–Trinajstić information content (AvgIpc) is 2.81. The van der Waals surface area contributed by atoms with Crippen molar-refractivity contribution >= 4 is 17.8 Å². The molecule has 2 amide bonds. The van der Waals surface area contributed by atoms with E-state index in [0.717, 1.165) is 0 Å². The Hall–Kier alpha value is -2.72. The maximum atomic E-state index is 13.1. The second kappa shape index (κ2) is 11.6. The first-order chi connectivity index (χ1) is 16.9. The summed E-state index contributed by atoms with van der Waals surface area (Å²) in [7, 11) is 0. The lowest BCUT2D eigenvalue weighted by Gasteiger charge is -2.35. The monoisotopic (exact) mass is 528 g/mol. The van der Waals surface area contributed by atoms with E-state index in [1.165, 1.54) is 0 Å². The van der Waals surface area contributed by atoms with Gasteiger partial charge in [-0.15, -0.1) is 0 Å². The number of carbonyl (C=O) groups is 2. The van der Waals surface area contributed by atoms with E-state index in [0.29, 0.717) is 38.6 Å². The predicted molar refractivity (Wildman–Crippen MR) is 111 cm³/mol. The number of nitrogens with one attached hydrogen (secondary N) is 2. The topological polar surface area (TPSA) is 109 Å². The van der Waals surface area contributed by atoms with Crippen LogP contribution in [0.4, 0.5) is 32.3 Å². The Morgan fingerprint density at radius 2 is 1.78 bits per heavy atom. The molecule has 3 atom stereocenters. The van der Waals surface area contributed by atoms with Crippen LogP contribution in [0.2, 0.25) is 0 Å². The number of hydrogen-bond acceptors (Lipinski definition) is 8. The van der Waals surface area contributed by atoms with Crippen molar-refractivity contribution in [2.75, 3.05) is 50.8 Å². The zero-order valence-electron chi connectivity index (χ0n) is 19.2.